The Morgan fingerprint density at radius 3 is 0.846 bits per heavy atom. The summed E-state index contributed by atoms with van der Waals surface area (Å²) in [6, 6.07) is 91.7. The van der Waals surface area contributed by atoms with Crippen molar-refractivity contribution in [2.45, 2.75) is 13.8 Å². The van der Waals surface area contributed by atoms with Crippen LogP contribution in [-0.4, -0.2) is 26.8 Å². The largest absolute Gasteiger partial charge is 0.529 e. The summed E-state index contributed by atoms with van der Waals surface area (Å²) in [5.74, 6) is 1.20. The predicted octanol–water partition coefficient (Wildman–Crippen LogP) is 14.6. The molecule has 0 heterocycles. The Kier molecular flexibility index (Phi) is 13.8. The number of rotatable bonds is 13. The predicted molar refractivity (Wildman–Crippen MR) is 335 cm³/mol. The maximum absolute atomic E-state index is 13.6. The van der Waals surface area contributed by atoms with Crippen LogP contribution >= 0.6 is 31.9 Å². The molecule has 4 nitrogen and oxygen atoms in total. The highest BCUT2D eigenvalue weighted by Gasteiger charge is 2.46. The molecule has 0 spiro atoms. The van der Waals surface area contributed by atoms with Gasteiger partial charge in [-0.3, -0.25) is 0 Å². The van der Waals surface area contributed by atoms with Gasteiger partial charge in [-0.1, -0.05) is 231 Å². The Labute approximate surface area is 474 Å². The van der Waals surface area contributed by atoms with Gasteiger partial charge in [-0.2, -0.15) is 0 Å². The number of phenolic OH excluding ortho intramolecular Hbond substituents is 2. The van der Waals surface area contributed by atoms with Gasteiger partial charge >= 0.3 is 16.6 Å². The van der Waals surface area contributed by atoms with E-state index in [2.05, 4.69) is 228 Å². The number of hydrogen-bond donors (Lipinski definition) is 2. The third kappa shape index (κ3) is 8.94. The van der Waals surface area contributed by atoms with Crippen molar-refractivity contribution in [3.63, 3.8) is 0 Å². The summed E-state index contributed by atoms with van der Waals surface area (Å²) in [4.78, 5) is 0. The van der Waals surface area contributed by atoms with Crippen LogP contribution in [0.25, 0.3) is 54.9 Å². The lowest BCUT2D eigenvalue weighted by Crippen LogP contribution is -2.71. The van der Waals surface area contributed by atoms with Crippen LogP contribution in [-0.2, 0) is 0 Å². The van der Waals surface area contributed by atoms with E-state index >= 15 is 0 Å². The fourth-order valence-corrected chi connectivity index (χ4v) is 20.7. The molecule has 378 valence electrons. The summed E-state index contributed by atoms with van der Waals surface area (Å²) in [5, 5.41) is 36.9. The van der Waals surface area contributed by atoms with Gasteiger partial charge in [0.1, 0.15) is 23.0 Å². The molecular formula is C70H52Br2O4Si2. The standard InChI is InChI=1S/C70H52Br2O4Si2/c1-47-41-61(69(63(71)43-47)75-77(51-27-9-3-10-28-51,52-29-11-4-12-30-52)53-31-13-5-14-32-53)59-45-49-25-21-23-39-57(49)65(67(59)73)66-58-40-24-22-26-50(58)46-60(68(66)74)62-42-48(2)44-64(72)70(62)76-78(54-33-15-6-16-34-54,55-35-17-7-18-36-55)56-37-19-8-20-38-56/h3-46,73-74H,1-2H3. The third-order valence-electron chi connectivity index (χ3n) is 14.8. The number of phenols is 2. The maximum Gasteiger partial charge on any atom is 0.347 e. The first kappa shape index (κ1) is 50.6. The summed E-state index contributed by atoms with van der Waals surface area (Å²) in [5.41, 5.74) is 5.45. The van der Waals surface area contributed by atoms with Crippen LogP contribution in [0.5, 0.6) is 23.0 Å². The van der Waals surface area contributed by atoms with E-state index in [0.29, 0.717) is 44.9 Å². The van der Waals surface area contributed by atoms with E-state index in [1.807, 2.05) is 84.9 Å². The zero-order valence-electron chi connectivity index (χ0n) is 42.9. The highest BCUT2D eigenvalue weighted by Crippen LogP contribution is 2.54. The molecule has 0 aliphatic heterocycles. The Balaban J connectivity index is 1.12. The molecule has 0 aliphatic rings. The minimum Gasteiger partial charge on any atom is -0.529 e. The second kappa shape index (κ2) is 21.3. The molecule has 12 aromatic rings. The number of benzene rings is 12. The van der Waals surface area contributed by atoms with Crippen LogP contribution in [0.3, 0.4) is 0 Å². The van der Waals surface area contributed by atoms with Crippen molar-refractivity contribution >= 4 is 101 Å². The Morgan fingerprint density at radius 2 is 0.564 bits per heavy atom. The molecular weight excluding hydrogens is 1120 g/mol. The molecule has 8 heteroatoms. The fraction of sp³-hybridized carbons (Fsp3) is 0.0286. The van der Waals surface area contributed by atoms with Crippen LogP contribution in [0.2, 0.25) is 0 Å². The molecule has 0 radical (unpaired) electrons. The van der Waals surface area contributed by atoms with Gasteiger partial charge in [0.05, 0.1) is 8.95 Å². The molecule has 0 saturated heterocycles. The summed E-state index contributed by atoms with van der Waals surface area (Å²) in [7, 11) is -6.76. The summed E-state index contributed by atoms with van der Waals surface area (Å²) < 4.78 is 17.3. The van der Waals surface area contributed by atoms with Crippen molar-refractivity contribution in [3.8, 4) is 56.4 Å². The first-order valence-corrected chi connectivity index (χ1v) is 31.4. The lowest BCUT2D eigenvalue weighted by atomic mass is 9.86. The minimum absolute atomic E-state index is 0.00519. The third-order valence-corrected chi connectivity index (χ3v) is 23.9. The molecule has 2 N–H and O–H groups in total. The first-order chi connectivity index (χ1) is 38.2. The first-order valence-electron chi connectivity index (χ1n) is 26.0. The normalized spacial score (nSPS) is 11.7. The molecule has 0 unspecified atom stereocenters. The Morgan fingerprint density at radius 1 is 0.308 bits per heavy atom. The van der Waals surface area contributed by atoms with Crippen LogP contribution in [0.4, 0.5) is 0 Å². The van der Waals surface area contributed by atoms with Crippen LogP contribution < -0.4 is 40.0 Å². The molecule has 0 fully saturated rings. The summed E-state index contributed by atoms with van der Waals surface area (Å²) in [6.45, 7) is 4.11. The van der Waals surface area contributed by atoms with Gasteiger partial charge in [-0.05, 0) is 146 Å². The average molecular weight is 1170 g/mol. The molecule has 78 heavy (non-hydrogen) atoms. The summed E-state index contributed by atoms with van der Waals surface area (Å²) in [6.07, 6.45) is 0. The molecule has 12 rings (SSSR count). The Hall–Kier alpha value is -8.25. The number of fused-ring (bicyclic) bond motifs is 2. The van der Waals surface area contributed by atoms with Crippen molar-refractivity contribution in [2.24, 2.45) is 0 Å². The molecule has 0 atom stereocenters. The van der Waals surface area contributed by atoms with Gasteiger partial charge in [0.25, 0.3) is 0 Å². The average Bonchev–Trinajstić information content (AvgIpc) is 3.52. The molecule has 0 bridgehead atoms. The number of halogens is 2. The monoisotopic (exact) mass is 1170 g/mol. The van der Waals surface area contributed by atoms with Gasteiger partial charge in [0, 0.05) is 33.4 Å². The number of aryl methyl sites for hydroxylation is 2. The lowest BCUT2D eigenvalue weighted by Gasteiger charge is -2.35. The quantitative estimate of drug-likeness (QED) is 0.0892. The summed E-state index contributed by atoms with van der Waals surface area (Å²) >= 11 is 8.06. The van der Waals surface area contributed by atoms with Gasteiger partial charge < -0.3 is 19.1 Å². The molecule has 0 aromatic heterocycles. The zero-order valence-corrected chi connectivity index (χ0v) is 48.0. The zero-order chi connectivity index (χ0) is 53.4. The van der Waals surface area contributed by atoms with Gasteiger partial charge in [0.15, 0.2) is 0 Å². The fourth-order valence-electron chi connectivity index (χ4n) is 11.4. The van der Waals surface area contributed by atoms with E-state index in [-0.39, 0.29) is 11.5 Å². The van der Waals surface area contributed by atoms with Crippen LogP contribution in [0.1, 0.15) is 11.1 Å². The van der Waals surface area contributed by atoms with Crippen molar-refractivity contribution in [3.05, 3.63) is 287 Å². The number of aromatic hydroxyl groups is 2. The van der Waals surface area contributed by atoms with Crippen LogP contribution in [0, 0.1) is 13.8 Å². The van der Waals surface area contributed by atoms with Gasteiger partial charge in [0.2, 0.25) is 0 Å². The van der Waals surface area contributed by atoms with Crippen molar-refractivity contribution in [2.75, 3.05) is 0 Å². The van der Waals surface area contributed by atoms with E-state index in [0.717, 1.165) is 72.7 Å². The highest BCUT2D eigenvalue weighted by molar-refractivity contribution is 9.11. The van der Waals surface area contributed by atoms with E-state index in [9.17, 15) is 10.2 Å². The molecule has 0 amide bonds. The van der Waals surface area contributed by atoms with Gasteiger partial charge in [-0.25, -0.2) is 0 Å². The van der Waals surface area contributed by atoms with Crippen molar-refractivity contribution < 1.29 is 19.1 Å². The smallest absolute Gasteiger partial charge is 0.347 e. The lowest BCUT2D eigenvalue weighted by molar-refractivity contribution is 0.472. The van der Waals surface area contributed by atoms with Crippen molar-refractivity contribution in [1.82, 2.24) is 0 Å². The number of hydrogen-bond acceptors (Lipinski definition) is 4. The molecule has 0 aliphatic carbocycles. The Bertz CT molecular complexity index is 3680. The van der Waals surface area contributed by atoms with Gasteiger partial charge in [-0.15, -0.1) is 0 Å². The van der Waals surface area contributed by atoms with E-state index in [4.69, 9.17) is 8.85 Å². The van der Waals surface area contributed by atoms with E-state index < -0.39 is 16.6 Å². The second-order valence-electron chi connectivity index (χ2n) is 19.7. The van der Waals surface area contributed by atoms with Crippen molar-refractivity contribution in [1.29, 1.82) is 0 Å². The second-order valence-corrected chi connectivity index (χ2v) is 28.1. The van der Waals surface area contributed by atoms with E-state index in [1.165, 1.54) is 0 Å². The maximum atomic E-state index is 13.6. The molecule has 0 saturated carbocycles. The minimum atomic E-state index is -3.38. The SMILES string of the molecule is Cc1cc(Br)c(O[Si](c2ccccc2)(c2ccccc2)c2ccccc2)c(-c2cc3ccccc3c(-c3c(O)c(-c4cc(C)cc(Br)c4O[Si](c4ccccc4)(c4ccccc4)c4ccccc4)cc4ccccc34)c2O)c1. The van der Waals surface area contributed by atoms with E-state index in [1.54, 1.807) is 0 Å². The van der Waals surface area contributed by atoms with Crippen LogP contribution in [0.15, 0.2) is 276 Å². The highest BCUT2D eigenvalue weighted by atomic mass is 79.9. The molecule has 12 aromatic carbocycles. The topological polar surface area (TPSA) is 58.9 Å².